The van der Waals surface area contributed by atoms with E-state index in [2.05, 4.69) is 35.0 Å². The summed E-state index contributed by atoms with van der Waals surface area (Å²) in [6.45, 7) is 1.11. The number of pyridine rings is 1. The second-order valence-electron chi connectivity index (χ2n) is 2.80. The summed E-state index contributed by atoms with van der Waals surface area (Å²) >= 11 is 0. The fourth-order valence-corrected chi connectivity index (χ4v) is 1.70. The van der Waals surface area contributed by atoms with E-state index in [9.17, 15) is 0 Å². The Morgan fingerprint density at radius 2 is 2.20 bits per heavy atom. The molecule has 48 valence electrons. The van der Waals surface area contributed by atoms with Gasteiger partial charge in [-0.05, 0) is 17.2 Å². The minimum atomic E-state index is 1.11. The largest absolute Gasteiger partial charge is 0.343 e. The third-order valence-electron chi connectivity index (χ3n) is 2.21. The summed E-state index contributed by atoms with van der Waals surface area (Å²) < 4.78 is 2.28. The lowest BCUT2D eigenvalue weighted by molar-refractivity contribution is 0.730. The molecule has 0 radical (unpaired) electrons. The van der Waals surface area contributed by atoms with Crippen LogP contribution in [0.15, 0.2) is 30.5 Å². The quantitative estimate of drug-likeness (QED) is 0.437. The second kappa shape index (κ2) is 1.26. The normalized spacial score (nSPS) is 13.6. The van der Waals surface area contributed by atoms with Crippen LogP contribution in [0.1, 0.15) is 5.56 Å². The Kier molecular flexibility index (Phi) is 0.575. The molecule has 0 amide bonds. The fraction of sp³-hybridized carbons (Fsp3) is 0.111. The zero-order chi connectivity index (χ0) is 6.55. The van der Waals surface area contributed by atoms with Crippen molar-refractivity contribution in [1.82, 2.24) is 4.57 Å². The highest BCUT2D eigenvalue weighted by molar-refractivity contribution is 5.71. The molecule has 0 unspecified atom stereocenters. The third-order valence-corrected chi connectivity index (χ3v) is 2.21. The maximum atomic E-state index is 2.28. The highest BCUT2D eigenvalue weighted by Crippen LogP contribution is 2.34. The molecular formula is C9H7N. The summed E-state index contributed by atoms with van der Waals surface area (Å²) in [5.41, 5.74) is 4.31. The van der Waals surface area contributed by atoms with E-state index >= 15 is 0 Å². The van der Waals surface area contributed by atoms with E-state index in [0.717, 1.165) is 6.54 Å². The molecule has 2 heterocycles. The molecule has 0 aromatic carbocycles. The van der Waals surface area contributed by atoms with Gasteiger partial charge >= 0.3 is 0 Å². The molecule has 3 aliphatic rings. The number of hydrogen-bond acceptors (Lipinski definition) is 0. The fourth-order valence-electron chi connectivity index (χ4n) is 1.70. The molecule has 0 atom stereocenters. The predicted octanol–water partition coefficient (Wildman–Crippen LogP) is 1.95. The minimum Gasteiger partial charge on any atom is -0.343 e. The van der Waals surface area contributed by atoms with Crippen LogP contribution in [-0.4, -0.2) is 4.57 Å². The Labute approximate surface area is 59.2 Å². The molecule has 0 bridgehead atoms. The van der Waals surface area contributed by atoms with Crippen molar-refractivity contribution in [1.29, 1.82) is 0 Å². The first-order chi connectivity index (χ1) is 4.95. The van der Waals surface area contributed by atoms with Crippen molar-refractivity contribution in [2.24, 2.45) is 0 Å². The van der Waals surface area contributed by atoms with Crippen molar-refractivity contribution in [3.05, 3.63) is 36.0 Å². The zero-order valence-electron chi connectivity index (χ0n) is 5.54. The highest BCUT2D eigenvalue weighted by atomic mass is 15.0. The standard InChI is InChI=1S/C9H7N/c1-2-7-3-4-8-6-10(5-1)9(7)8/h1-5H,6H2. The Morgan fingerprint density at radius 1 is 1.20 bits per heavy atom. The van der Waals surface area contributed by atoms with E-state index in [1.165, 1.54) is 16.8 Å². The van der Waals surface area contributed by atoms with Gasteiger partial charge in [-0.2, -0.15) is 0 Å². The first-order valence-electron chi connectivity index (χ1n) is 3.52. The second-order valence-corrected chi connectivity index (χ2v) is 2.80. The molecule has 2 aliphatic heterocycles. The van der Waals surface area contributed by atoms with Crippen LogP contribution in [0.2, 0.25) is 0 Å². The van der Waals surface area contributed by atoms with Crippen LogP contribution in [0.4, 0.5) is 0 Å². The van der Waals surface area contributed by atoms with Gasteiger partial charge in [0.1, 0.15) is 0 Å². The average Bonchev–Trinajstić information content (AvgIpc) is 2.25. The van der Waals surface area contributed by atoms with E-state index < -0.39 is 0 Å². The summed E-state index contributed by atoms with van der Waals surface area (Å²) in [5, 5.41) is 0. The van der Waals surface area contributed by atoms with Crippen molar-refractivity contribution in [3.63, 3.8) is 0 Å². The zero-order valence-corrected chi connectivity index (χ0v) is 5.54. The van der Waals surface area contributed by atoms with Gasteiger partial charge in [0.05, 0.1) is 5.69 Å². The molecule has 0 aromatic rings. The molecule has 1 nitrogen and oxygen atoms in total. The first-order valence-corrected chi connectivity index (χ1v) is 3.52. The van der Waals surface area contributed by atoms with Crippen LogP contribution in [0, 0.1) is 0 Å². The first kappa shape index (κ1) is 4.56. The molecule has 0 spiro atoms. The van der Waals surface area contributed by atoms with Crippen LogP contribution in [0.3, 0.4) is 0 Å². The van der Waals surface area contributed by atoms with Crippen LogP contribution in [0.25, 0.3) is 11.3 Å². The van der Waals surface area contributed by atoms with Gasteiger partial charge in [0.2, 0.25) is 0 Å². The Balaban J connectivity index is 2.55. The van der Waals surface area contributed by atoms with Gasteiger partial charge in [-0.25, -0.2) is 0 Å². The number of nitrogens with zero attached hydrogens (tertiary/aromatic N) is 1. The van der Waals surface area contributed by atoms with Crippen molar-refractivity contribution >= 4 is 0 Å². The van der Waals surface area contributed by atoms with E-state index in [-0.39, 0.29) is 0 Å². The van der Waals surface area contributed by atoms with Crippen molar-refractivity contribution in [2.75, 3.05) is 0 Å². The Bertz CT molecular complexity index is 359. The molecule has 1 aliphatic carbocycles. The summed E-state index contributed by atoms with van der Waals surface area (Å²) in [6, 6.07) is 8.67. The van der Waals surface area contributed by atoms with E-state index in [4.69, 9.17) is 0 Å². The lowest BCUT2D eigenvalue weighted by atomic mass is 10.1. The number of hydrogen-bond donors (Lipinski definition) is 0. The molecule has 10 heavy (non-hydrogen) atoms. The highest BCUT2D eigenvalue weighted by Gasteiger charge is 2.19. The predicted molar refractivity (Wildman–Crippen MR) is 40.2 cm³/mol. The monoisotopic (exact) mass is 129 g/mol. The van der Waals surface area contributed by atoms with Crippen LogP contribution in [0.5, 0.6) is 0 Å². The van der Waals surface area contributed by atoms with Gasteiger partial charge < -0.3 is 4.57 Å². The Hall–Kier alpha value is -1.24. The molecule has 0 saturated heterocycles. The number of aromatic nitrogens is 1. The summed E-state index contributed by atoms with van der Waals surface area (Å²) in [5.74, 6) is 0. The van der Waals surface area contributed by atoms with Crippen LogP contribution >= 0.6 is 0 Å². The average molecular weight is 129 g/mol. The lowest BCUT2D eigenvalue weighted by Gasteiger charge is -2.22. The summed E-state index contributed by atoms with van der Waals surface area (Å²) in [6.07, 6.45) is 2.13. The maximum absolute atomic E-state index is 2.28. The SMILES string of the molecule is c1cc2ccc3c-2n(c1)C3. The van der Waals surface area contributed by atoms with Gasteiger partial charge in [-0.1, -0.05) is 18.2 Å². The van der Waals surface area contributed by atoms with Gasteiger partial charge in [-0.15, -0.1) is 0 Å². The van der Waals surface area contributed by atoms with Crippen molar-refractivity contribution in [3.8, 4) is 11.3 Å². The Morgan fingerprint density at radius 3 is 3.10 bits per heavy atom. The van der Waals surface area contributed by atoms with Crippen molar-refractivity contribution < 1.29 is 0 Å². The third kappa shape index (κ3) is 0.338. The molecule has 1 heteroatoms. The minimum absolute atomic E-state index is 1.11. The molecular weight excluding hydrogens is 122 g/mol. The molecule has 0 aromatic heterocycles. The maximum Gasteiger partial charge on any atom is 0.0533 e. The topological polar surface area (TPSA) is 4.93 Å². The van der Waals surface area contributed by atoms with E-state index in [0.29, 0.717) is 0 Å². The van der Waals surface area contributed by atoms with E-state index in [1.54, 1.807) is 0 Å². The van der Waals surface area contributed by atoms with Gasteiger partial charge in [0, 0.05) is 12.7 Å². The summed E-state index contributed by atoms with van der Waals surface area (Å²) in [7, 11) is 0. The molecule has 0 fully saturated rings. The smallest absolute Gasteiger partial charge is 0.0533 e. The van der Waals surface area contributed by atoms with Crippen LogP contribution in [-0.2, 0) is 6.54 Å². The molecule has 3 rings (SSSR count). The van der Waals surface area contributed by atoms with Gasteiger partial charge in [-0.3, -0.25) is 0 Å². The molecule has 0 saturated carbocycles. The lowest BCUT2D eigenvalue weighted by Crippen LogP contribution is -2.13. The van der Waals surface area contributed by atoms with Gasteiger partial charge in [0.25, 0.3) is 0 Å². The molecule has 0 N–H and O–H groups in total. The van der Waals surface area contributed by atoms with E-state index in [1.807, 2.05) is 0 Å². The van der Waals surface area contributed by atoms with Gasteiger partial charge in [0.15, 0.2) is 0 Å². The van der Waals surface area contributed by atoms with Crippen LogP contribution < -0.4 is 0 Å². The number of rotatable bonds is 0. The summed E-state index contributed by atoms with van der Waals surface area (Å²) in [4.78, 5) is 0. The van der Waals surface area contributed by atoms with Crippen molar-refractivity contribution in [2.45, 2.75) is 6.54 Å².